The van der Waals surface area contributed by atoms with Gasteiger partial charge in [-0.15, -0.1) is 22.7 Å². The van der Waals surface area contributed by atoms with Gasteiger partial charge in [0.25, 0.3) is 0 Å². The molecule has 0 saturated heterocycles. The zero-order chi connectivity index (χ0) is 22.0. The number of aromatic nitrogens is 3. The smallest absolute Gasteiger partial charge is 0.325 e. The number of nitrogens with zero attached hydrogens (tertiary/aromatic N) is 3. The van der Waals surface area contributed by atoms with Crippen molar-refractivity contribution in [3.63, 3.8) is 0 Å². The summed E-state index contributed by atoms with van der Waals surface area (Å²) in [6.45, 7) is 1.64. The van der Waals surface area contributed by atoms with Crippen LogP contribution in [-0.2, 0) is 30.2 Å². The maximum Gasteiger partial charge on any atom is 0.433 e. The molecule has 4 heterocycles. The fourth-order valence-corrected chi connectivity index (χ4v) is 7.26. The highest BCUT2D eigenvalue weighted by molar-refractivity contribution is 7.85. The minimum atomic E-state index is -4.66. The molecule has 0 aliphatic heterocycles. The number of rotatable bonds is 3. The van der Waals surface area contributed by atoms with E-state index >= 15 is 0 Å². The minimum absolute atomic E-state index is 0.00384. The average Bonchev–Trinajstić information content (AvgIpc) is 3.30. The van der Waals surface area contributed by atoms with E-state index in [1.807, 2.05) is 0 Å². The molecule has 30 heavy (non-hydrogen) atoms. The Morgan fingerprint density at radius 1 is 1.13 bits per heavy atom. The molecule has 4 aromatic rings. The lowest BCUT2D eigenvalue weighted by molar-refractivity contribution is -0.141. The Labute approximate surface area is 175 Å². The quantitative estimate of drug-likeness (QED) is 0.332. The summed E-state index contributed by atoms with van der Waals surface area (Å²) in [5.74, 6) is 0.311. The normalized spacial score (nSPS) is 14.1. The molecule has 13 heteroatoms. The lowest BCUT2D eigenvalue weighted by Crippen LogP contribution is -2.07. The van der Waals surface area contributed by atoms with E-state index in [0.717, 1.165) is 40.3 Å². The first-order chi connectivity index (χ1) is 13.9. The first-order valence-corrected chi connectivity index (χ1v) is 11.3. The zero-order valence-corrected chi connectivity index (χ0v) is 17.6. The molecule has 1 atom stereocenters. The molecule has 0 fully saturated rings. The van der Waals surface area contributed by atoms with E-state index in [0.29, 0.717) is 0 Å². The van der Waals surface area contributed by atoms with Crippen molar-refractivity contribution in [3.05, 3.63) is 28.9 Å². The van der Waals surface area contributed by atoms with E-state index in [1.165, 1.54) is 11.6 Å². The van der Waals surface area contributed by atoms with Crippen LogP contribution in [0.15, 0.2) is 22.5 Å². The molecule has 0 N–H and O–H groups in total. The van der Waals surface area contributed by atoms with Crippen molar-refractivity contribution in [2.24, 2.45) is 7.05 Å². The van der Waals surface area contributed by atoms with Gasteiger partial charge < -0.3 is 4.57 Å². The molecule has 160 valence electrons. The minimum Gasteiger partial charge on any atom is -0.325 e. The first-order valence-electron chi connectivity index (χ1n) is 8.33. The van der Waals surface area contributed by atoms with Crippen LogP contribution in [0.5, 0.6) is 0 Å². The van der Waals surface area contributed by atoms with Crippen molar-refractivity contribution in [2.75, 3.05) is 5.75 Å². The number of alkyl halides is 6. The average molecular weight is 483 g/mol. The summed E-state index contributed by atoms with van der Waals surface area (Å²) in [5.41, 5.74) is -1.67. The third-order valence-corrected chi connectivity index (χ3v) is 8.41. The van der Waals surface area contributed by atoms with Crippen LogP contribution in [0, 0.1) is 0 Å². The van der Waals surface area contributed by atoms with Crippen LogP contribution < -0.4 is 0 Å². The second-order valence-corrected chi connectivity index (χ2v) is 9.83. The molecular weight excluding hydrogens is 472 g/mol. The third-order valence-electron chi connectivity index (χ3n) is 4.42. The molecule has 4 aromatic heterocycles. The largest absolute Gasteiger partial charge is 0.433 e. The van der Waals surface area contributed by atoms with Crippen LogP contribution in [0.3, 0.4) is 0 Å². The van der Waals surface area contributed by atoms with Gasteiger partial charge in [-0.05, 0) is 6.07 Å². The lowest BCUT2D eigenvalue weighted by Gasteiger charge is -2.05. The van der Waals surface area contributed by atoms with E-state index in [2.05, 4.69) is 9.97 Å². The van der Waals surface area contributed by atoms with Gasteiger partial charge in [0, 0.05) is 18.2 Å². The van der Waals surface area contributed by atoms with Gasteiger partial charge in [-0.2, -0.15) is 26.3 Å². The molecule has 0 spiro atoms. The molecule has 0 saturated carbocycles. The Morgan fingerprint density at radius 3 is 2.43 bits per heavy atom. The highest BCUT2D eigenvalue weighted by Gasteiger charge is 2.37. The molecular formula is C17H11F6N3OS3. The van der Waals surface area contributed by atoms with Crippen molar-refractivity contribution >= 4 is 53.9 Å². The number of hydrogen-bond donors (Lipinski definition) is 0. The van der Waals surface area contributed by atoms with Gasteiger partial charge in [-0.3, -0.25) is 4.21 Å². The Hall–Kier alpha value is -1.99. The van der Waals surface area contributed by atoms with E-state index in [9.17, 15) is 30.6 Å². The number of hydrogen-bond acceptors (Lipinski definition) is 5. The molecule has 0 aliphatic carbocycles. The number of imidazole rings is 1. The van der Waals surface area contributed by atoms with Gasteiger partial charge in [-0.25, -0.2) is 9.97 Å². The van der Waals surface area contributed by atoms with Crippen molar-refractivity contribution in [1.29, 1.82) is 0 Å². The summed E-state index contributed by atoms with van der Waals surface area (Å²) in [5, 5.41) is 0.982. The molecule has 0 radical (unpaired) electrons. The van der Waals surface area contributed by atoms with E-state index in [1.54, 1.807) is 6.92 Å². The summed E-state index contributed by atoms with van der Waals surface area (Å²) in [7, 11) is -0.0787. The predicted molar refractivity (Wildman–Crippen MR) is 104 cm³/mol. The maximum atomic E-state index is 13.4. The highest BCUT2D eigenvalue weighted by Crippen LogP contribution is 2.49. The number of aryl methyl sites for hydroxylation is 1. The Morgan fingerprint density at radius 2 is 1.83 bits per heavy atom. The van der Waals surface area contributed by atoms with Crippen LogP contribution in [0.1, 0.15) is 18.2 Å². The number of fused-ring (bicyclic) bond motifs is 2. The maximum absolute atomic E-state index is 13.4. The van der Waals surface area contributed by atoms with Crippen LogP contribution in [0.25, 0.3) is 31.1 Å². The molecule has 4 rings (SSSR count). The zero-order valence-electron chi connectivity index (χ0n) is 15.2. The topological polar surface area (TPSA) is 47.8 Å². The van der Waals surface area contributed by atoms with Crippen LogP contribution >= 0.6 is 22.7 Å². The fraction of sp³-hybridized carbons (Fsp3) is 0.294. The van der Waals surface area contributed by atoms with Crippen molar-refractivity contribution in [2.45, 2.75) is 24.2 Å². The molecule has 0 aromatic carbocycles. The second-order valence-electron chi connectivity index (χ2n) is 6.25. The third kappa shape index (κ3) is 3.32. The van der Waals surface area contributed by atoms with Crippen molar-refractivity contribution in [3.8, 4) is 10.7 Å². The summed E-state index contributed by atoms with van der Waals surface area (Å²) < 4.78 is 93.4. The fourth-order valence-electron chi connectivity index (χ4n) is 3.00. The molecule has 4 nitrogen and oxygen atoms in total. The second kappa shape index (κ2) is 7.02. The van der Waals surface area contributed by atoms with Gasteiger partial charge in [0.15, 0.2) is 5.82 Å². The van der Waals surface area contributed by atoms with Crippen molar-refractivity contribution in [1.82, 2.24) is 14.5 Å². The first kappa shape index (κ1) is 21.2. The molecule has 0 amide bonds. The van der Waals surface area contributed by atoms with Crippen LogP contribution in [-0.4, -0.2) is 24.5 Å². The van der Waals surface area contributed by atoms with E-state index in [4.69, 9.17) is 0 Å². The summed E-state index contributed by atoms with van der Waals surface area (Å²) >= 11 is 1.64. The number of halogens is 6. The van der Waals surface area contributed by atoms with Crippen LogP contribution in [0.2, 0.25) is 0 Å². The molecule has 1 unspecified atom stereocenters. The summed E-state index contributed by atoms with van der Waals surface area (Å²) in [6.07, 6.45) is -8.22. The molecule has 0 aliphatic rings. The SMILES string of the molecule is CCS(=O)c1c(-c2nc3cc(C(F)(F)F)ncc3n2C)sc2c(C(F)(F)F)csc12. The number of thiophene rings is 2. The van der Waals surface area contributed by atoms with E-state index in [-0.39, 0.29) is 41.8 Å². The van der Waals surface area contributed by atoms with E-state index < -0.39 is 34.4 Å². The van der Waals surface area contributed by atoms with Gasteiger partial charge in [0.1, 0.15) is 5.69 Å². The van der Waals surface area contributed by atoms with Crippen molar-refractivity contribution < 1.29 is 30.6 Å². The van der Waals surface area contributed by atoms with Gasteiger partial charge >= 0.3 is 12.4 Å². The van der Waals surface area contributed by atoms with Gasteiger partial charge in [0.2, 0.25) is 0 Å². The highest BCUT2D eigenvalue weighted by atomic mass is 32.2. The predicted octanol–water partition coefficient (Wildman–Crippen LogP) is 6.08. The molecule has 0 bridgehead atoms. The monoisotopic (exact) mass is 483 g/mol. The Balaban J connectivity index is 2.01. The Bertz CT molecular complexity index is 1300. The number of pyridine rings is 1. The Kier molecular flexibility index (Phi) is 4.97. The summed E-state index contributed by atoms with van der Waals surface area (Å²) in [6, 6.07) is 0.784. The van der Waals surface area contributed by atoms with Gasteiger partial charge in [-0.1, -0.05) is 6.92 Å². The van der Waals surface area contributed by atoms with Crippen LogP contribution in [0.4, 0.5) is 26.3 Å². The lowest BCUT2D eigenvalue weighted by atomic mass is 10.3. The standard InChI is InChI=1S/C17H11F6N3OS3/c1-3-30(27)14-12-11(7(6-28-12)16(18,19)20)29-13(14)15-25-8-4-10(17(21,22)23)24-5-9(8)26(15)2/h4-6H,3H2,1-2H3. The van der Waals surface area contributed by atoms with Gasteiger partial charge in [0.05, 0.1) is 52.8 Å². The summed E-state index contributed by atoms with van der Waals surface area (Å²) in [4.78, 5) is 8.10.